The van der Waals surface area contributed by atoms with Gasteiger partial charge in [-0.15, -0.1) is 0 Å². The third-order valence-electron chi connectivity index (χ3n) is 3.16. The van der Waals surface area contributed by atoms with Crippen LogP contribution in [0.3, 0.4) is 0 Å². The number of aromatic nitrogens is 2. The number of nitrogens with one attached hydrogen (secondary N) is 1. The van der Waals surface area contributed by atoms with Gasteiger partial charge >= 0.3 is 5.69 Å². The molecule has 0 fully saturated rings. The zero-order valence-electron chi connectivity index (χ0n) is 13.8. The molecule has 120 valence electrons. The van der Waals surface area contributed by atoms with Crippen LogP contribution in [-0.4, -0.2) is 40.7 Å². The molecule has 1 atom stereocenters. The maximum absolute atomic E-state index is 12.3. The van der Waals surface area contributed by atoms with Gasteiger partial charge in [0, 0.05) is 26.2 Å². The molecule has 1 unspecified atom stereocenters. The second-order valence-corrected chi connectivity index (χ2v) is 6.22. The molecule has 1 heterocycles. The number of hydrogen-bond donors (Lipinski definition) is 2. The lowest BCUT2D eigenvalue weighted by Gasteiger charge is -2.22. The number of likely N-dealkylation sites (N-methyl/N-ethyl adjacent to an activating group) is 1. The smallest absolute Gasteiger partial charge is 0.332 e. The van der Waals surface area contributed by atoms with Crippen molar-refractivity contribution in [3.8, 4) is 0 Å². The lowest BCUT2D eigenvalue weighted by Crippen LogP contribution is -2.43. The molecule has 1 aromatic rings. The first-order valence-electron chi connectivity index (χ1n) is 7.15. The van der Waals surface area contributed by atoms with E-state index < -0.39 is 0 Å². The maximum atomic E-state index is 12.3. The van der Waals surface area contributed by atoms with Crippen molar-refractivity contribution in [1.82, 2.24) is 14.0 Å². The van der Waals surface area contributed by atoms with E-state index in [2.05, 4.69) is 5.32 Å². The fourth-order valence-electron chi connectivity index (χ4n) is 2.30. The Balaban J connectivity index is 3.29. The SMILES string of the molecule is CC(C)Cn1c(N)c(NC(C)CN(C)C)c(=O)n(C)c1=O. The Bertz CT molecular complexity index is 601. The molecule has 1 rings (SSSR count). The van der Waals surface area contributed by atoms with Crippen molar-refractivity contribution >= 4 is 11.5 Å². The predicted octanol–water partition coefficient (Wildman–Crippen LogP) is 0.147. The first kappa shape index (κ1) is 17.3. The number of nitrogens with zero attached hydrogens (tertiary/aromatic N) is 3. The number of anilines is 2. The molecule has 3 N–H and O–H groups in total. The second-order valence-electron chi connectivity index (χ2n) is 6.22. The molecule has 1 aromatic heterocycles. The Morgan fingerprint density at radius 2 is 1.81 bits per heavy atom. The third-order valence-corrected chi connectivity index (χ3v) is 3.16. The zero-order valence-corrected chi connectivity index (χ0v) is 13.8. The van der Waals surface area contributed by atoms with Crippen LogP contribution in [0.4, 0.5) is 11.5 Å². The first-order chi connectivity index (χ1) is 9.65. The Labute approximate surface area is 125 Å². The van der Waals surface area contributed by atoms with E-state index in [0.29, 0.717) is 12.2 Å². The highest BCUT2D eigenvalue weighted by Crippen LogP contribution is 2.13. The van der Waals surface area contributed by atoms with Gasteiger partial charge in [0.05, 0.1) is 0 Å². The molecule has 0 amide bonds. The Hall–Kier alpha value is -1.76. The summed E-state index contributed by atoms with van der Waals surface area (Å²) in [5.41, 5.74) is 5.59. The van der Waals surface area contributed by atoms with Crippen LogP contribution in [0.2, 0.25) is 0 Å². The van der Waals surface area contributed by atoms with Crippen LogP contribution in [0.25, 0.3) is 0 Å². The van der Waals surface area contributed by atoms with Crippen molar-refractivity contribution in [3.05, 3.63) is 20.8 Å². The Morgan fingerprint density at radius 3 is 2.29 bits per heavy atom. The van der Waals surface area contributed by atoms with E-state index in [1.54, 1.807) is 0 Å². The second kappa shape index (κ2) is 6.80. The highest BCUT2D eigenvalue weighted by molar-refractivity contribution is 5.61. The third kappa shape index (κ3) is 4.10. The van der Waals surface area contributed by atoms with E-state index in [4.69, 9.17) is 5.73 Å². The fraction of sp³-hybridized carbons (Fsp3) is 0.714. The van der Waals surface area contributed by atoms with Crippen molar-refractivity contribution in [1.29, 1.82) is 0 Å². The first-order valence-corrected chi connectivity index (χ1v) is 7.15. The quantitative estimate of drug-likeness (QED) is 0.780. The molecule has 0 spiro atoms. The van der Waals surface area contributed by atoms with E-state index >= 15 is 0 Å². The summed E-state index contributed by atoms with van der Waals surface area (Å²) in [7, 11) is 5.39. The molecule has 0 saturated heterocycles. The predicted molar refractivity (Wildman–Crippen MR) is 86.8 cm³/mol. The van der Waals surface area contributed by atoms with Gasteiger partial charge in [0.2, 0.25) is 0 Å². The average Bonchev–Trinajstić information content (AvgIpc) is 2.36. The summed E-state index contributed by atoms with van der Waals surface area (Å²) >= 11 is 0. The largest absolute Gasteiger partial charge is 0.383 e. The normalized spacial score (nSPS) is 13.0. The van der Waals surface area contributed by atoms with Gasteiger partial charge in [-0.2, -0.15) is 0 Å². The molecule has 21 heavy (non-hydrogen) atoms. The van der Waals surface area contributed by atoms with Gasteiger partial charge in [-0.1, -0.05) is 13.8 Å². The van der Waals surface area contributed by atoms with E-state index in [9.17, 15) is 9.59 Å². The standard InChI is InChI=1S/C14H27N5O2/c1-9(2)7-19-12(15)11(13(20)18(6)14(19)21)16-10(3)8-17(4)5/h9-10,16H,7-8,15H2,1-6H3. The minimum Gasteiger partial charge on any atom is -0.383 e. The van der Waals surface area contributed by atoms with Crippen LogP contribution in [0.1, 0.15) is 20.8 Å². The molecule has 7 nitrogen and oxygen atoms in total. The van der Waals surface area contributed by atoms with Gasteiger partial charge in [0.1, 0.15) is 11.5 Å². The van der Waals surface area contributed by atoms with Gasteiger partial charge < -0.3 is 16.0 Å². The van der Waals surface area contributed by atoms with Crippen molar-refractivity contribution in [2.24, 2.45) is 13.0 Å². The molecule has 0 saturated carbocycles. The lowest BCUT2D eigenvalue weighted by atomic mass is 10.2. The fourth-order valence-corrected chi connectivity index (χ4v) is 2.30. The van der Waals surface area contributed by atoms with Crippen molar-refractivity contribution < 1.29 is 0 Å². The van der Waals surface area contributed by atoms with E-state index in [0.717, 1.165) is 11.1 Å². The molecule has 0 aromatic carbocycles. The summed E-state index contributed by atoms with van der Waals surface area (Å²) in [5, 5.41) is 3.13. The van der Waals surface area contributed by atoms with Gasteiger partial charge in [0.25, 0.3) is 5.56 Å². The van der Waals surface area contributed by atoms with Crippen molar-refractivity contribution in [3.63, 3.8) is 0 Å². The van der Waals surface area contributed by atoms with Crippen LogP contribution in [-0.2, 0) is 13.6 Å². The van der Waals surface area contributed by atoms with E-state index in [1.165, 1.54) is 11.6 Å². The number of nitrogen functional groups attached to an aromatic ring is 1. The summed E-state index contributed by atoms with van der Waals surface area (Å²) < 4.78 is 2.56. The summed E-state index contributed by atoms with van der Waals surface area (Å²) in [6.07, 6.45) is 0. The van der Waals surface area contributed by atoms with Crippen molar-refractivity contribution in [2.45, 2.75) is 33.4 Å². The number of hydrogen-bond acceptors (Lipinski definition) is 5. The average molecular weight is 297 g/mol. The molecule has 0 aliphatic carbocycles. The minimum absolute atomic E-state index is 0.0417. The molecule has 0 aliphatic rings. The number of rotatable bonds is 6. The molecular weight excluding hydrogens is 270 g/mol. The minimum atomic E-state index is -0.386. The van der Waals surface area contributed by atoms with E-state index in [-0.39, 0.29) is 29.0 Å². The van der Waals surface area contributed by atoms with E-state index in [1.807, 2.05) is 39.8 Å². The molecule has 0 bridgehead atoms. The van der Waals surface area contributed by atoms with Crippen LogP contribution in [0, 0.1) is 5.92 Å². The van der Waals surface area contributed by atoms with Gasteiger partial charge in [-0.3, -0.25) is 13.9 Å². The zero-order chi connectivity index (χ0) is 16.3. The summed E-state index contributed by atoms with van der Waals surface area (Å²) in [5.74, 6) is 0.469. The molecular formula is C14H27N5O2. The van der Waals surface area contributed by atoms with Crippen LogP contribution >= 0.6 is 0 Å². The summed E-state index contributed by atoms with van der Waals surface area (Å²) in [4.78, 5) is 26.5. The Kier molecular flexibility index (Phi) is 5.60. The maximum Gasteiger partial charge on any atom is 0.332 e. The molecule has 0 aliphatic heterocycles. The Morgan fingerprint density at radius 1 is 1.24 bits per heavy atom. The highest BCUT2D eigenvalue weighted by Gasteiger charge is 2.17. The van der Waals surface area contributed by atoms with Gasteiger partial charge in [-0.05, 0) is 26.9 Å². The van der Waals surface area contributed by atoms with Crippen molar-refractivity contribution in [2.75, 3.05) is 31.7 Å². The van der Waals surface area contributed by atoms with Gasteiger partial charge in [-0.25, -0.2) is 4.79 Å². The van der Waals surface area contributed by atoms with Crippen LogP contribution < -0.4 is 22.3 Å². The molecule has 0 radical (unpaired) electrons. The highest BCUT2D eigenvalue weighted by atomic mass is 16.2. The lowest BCUT2D eigenvalue weighted by molar-refractivity contribution is 0.391. The topological polar surface area (TPSA) is 85.3 Å². The summed E-state index contributed by atoms with van der Waals surface area (Å²) in [6, 6.07) is 0.0417. The van der Waals surface area contributed by atoms with Crippen LogP contribution in [0.5, 0.6) is 0 Å². The molecule has 7 heteroatoms. The van der Waals surface area contributed by atoms with Gasteiger partial charge in [0.15, 0.2) is 0 Å². The summed E-state index contributed by atoms with van der Waals surface area (Å²) in [6.45, 7) is 7.20. The monoisotopic (exact) mass is 297 g/mol. The van der Waals surface area contributed by atoms with Crippen LogP contribution in [0.15, 0.2) is 9.59 Å². The number of nitrogens with two attached hydrogens (primary N) is 1.